The number of isothiocyanates is 1. The van der Waals surface area contributed by atoms with Crippen molar-refractivity contribution in [1.29, 1.82) is 0 Å². The lowest BCUT2D eigenvalue weighted by molar-refractivity contribution is -0.328. The highest BCUT2D eigenvalue weighted by Gasteiger charge is 2.56. The van der Waals surface area contributed by atoms with Crippen LogP contribution in [0.5, 0.6) is 0 Å². The van der Waals surface area contributed by atoms with Crippen molar-refractivity contribution < 1.29 is 10.1 Å². The molecule has 2 saturated carbocycles. The third-order valence-electron chi connectivity index (χ3n) is 5.91. The van der Waals surface area contributed by atoms with Crippen LogP contribution < -0.4 is 0 Å². The first kappa shape index (κ1) is 15.8. The van der Waals surface area contributed by atoms with Crippen LogP contribution in [0.4, 0.5) is 0 Å². The molecule has 0 bridgehead atoms. The molecule has 4 heteroatoms. The monoisotopic (exact) mass is 295 g/mol. The Bertz CT molecular complexity index is 459. The van der Waals surface area contributed by atoms with Gasteiger partial charge in [0.25, 0.3) is 0 Å². The summed E-state index contributed by atoms with van der Waals surface area (Å²) in [6, 6.07) is 0. The molecule has 0 saturated heterocycles. The molecule has 0 aromatic heterocycles. The summed E-state index contributed by atoms with van der Waals surface area (Å²) in [6.45, 7) is 10.5. The molecular formula is C16H25NO2S. The van der Waals surface area contributed by atoms with Crippen LogP contribution in [0.1, 0.15) is 59.3 Å². The zero-order valence-electron chi connectivity index (χ0n) is 12.7. The van der Waals surface area contributed by atoms with Crippen LogP contribution in [0.15, 0.2) is 17.1 Å². The number of aliphatic imine (C=N–C) groups is 1. The molecule has 112 valence electrons. The van der Waals surface area contributed by atoms with Crippen molar-refractivity contribution >= 4 is 17.4 Å². The van der Waals surface area contributed by atoms with Gasteiger partial charge < -0.3 is 0 Å². The van der Waals surface area contributed by atoms with Crippen molar-refractivity contribution in [2.24, 2.45) is 16.3 Å². The quantitative estimate of drug-likeness (QED) is 0.271. The van der Waals surface area contributed by atoms with E-state index in [1.165, 1.54) is 12.8 Å². The maximum Gasteiger partial charge on any atom is 0.124 e. The highest BCUT2D eigenvalue weighted by atomic mass is 32.1. The Morgan fingerprint density at radius 1 is 1.35 bits per heavy atom. The molecule has 0 aromatic rings. The van der Waals surface area contributed by atoms with Gasteiger partial charge in [-0.1, -0.05) is 19.9 Å². The molecule has 2 fully saturated rings. The van der Waals surface area contributed by atoms with E-state index in [2.05, 4.69) is 30.6 Å². The highest BCUT2D eigenvalue weighted by molar-refractivity contribution is 7.78. The maximum atomic E-state index is 9.46. The summed E-state index contributed by atoms with van der Waals surface area (Å²) >= 11 is 4.86. The number of hydrogen-bond acceptors (Lipinski definition) is 4. The van der Waals surface area contributed by atoms with Gasteiger partial charge in [-0.2, -0.15) is 0 Å². The largest absolute Gasteiger partial charge is 0.251 e. The van der Waals surface area contributed by atoms with E-state index in [0.717, 1.165) is 31.3 Å². The minimum absolute atomic E-state index is 0.200. The van der Waals surface area contributed by atoms with Crippen LogP contribution in [-0.4, -0.2) is 21.6 Å². The highest BCUT2D eigenvalue weighted by Crippen LogP contribution is 2.58. The zero-order valence-corrected chi connectivity index (χ0v) is 13.6. The first-order valence-corrected chi connectivity index (χ1v) is 7.80. The lowest BCUT2D eigenvalue weighted by Gasteiger charge is -2.56. The Morgan fingerprint density at radius 3 is 2.60 bits per heavy atom. The van der Waals surface area contributed by atoms with E-state index < -0.39 is 5.60 Å². The molecule has 4 atom stereocenters. The van der Waals surface area contributed by atoms with Gasteiger partial charge in [0.15, 0.2) is 0 Å². The third kappa shape index (κ3) is 2.39. The average Bonchev–Trinajstić information content (AvgIpc) is 2.38. The summed E-state index contributed by atoms with van der Waals surface area (Å²) in [5.74, 6) is 0.330. The zero-order chi connectivity index (χ0) is 15.0. The normalized spacial score (nSPS) is 44.3. The van der Waals surface area contributed by atoms with Crippen LogP contribution in [0.2, 0.25) is 0 Å². The number of hydrogen-bond donors (Lipinski definition) is 1. The fourth-order valence-corrected chi connectivity index (χ4v) is 4.63. The lowest BCUT2D eigenvalue weighted by atomic mass is 9.51. The summed E-state index contributed by atoms with van der Waals surface area (Å²) < 4.78 is 0. The summed E-state index contributed by atoms with van der Waals surface area (Å²) in [6.07, 6.45) is 6.00. The predicted octanol–water partition coefficient (Wildman–Crippen LogP) is 4.64. The molecule has 0 aromatic carbocycles. The summed E-state index contributed by atoms with van der Waals surface area (Å²) in [4.78, 5) is 9.42. The number of nitrogens with zero attached hydrogens (tertiary/aromatic N) is 1. The number of rotatable bonds is 3. The number of thiocarbonyl (C=S) groups is 1. The molecule has 20 heavy (non-hydrogen) atoms. The summed E-state index contributed by atoms with van der Waals surface area (Å²) in [7, 11) is 0. The fraction of sp³-hybridized carbons (Fsp3) is 0.812. The van der Waals surface area contributed by atoms with Gasteiger partial charge >= 0.3 is 0 Å². The van der Waals surface area contributed by atoms with Crippen LogP contribution in [0.25, 0.3) is 0 Å². The SMILES string of the molecule is C=C(C)[C@]1(OO)CC[C@@]2(C)CCC[C@@](C)(N=C=S)[C@@H]2C1. The smallest absolute Gasteiger partial charge is 0.124 e. The Balaban J connectivity index is 2.40. The Kier molecular flexibility index (Phi) is 4.23. The van der Waals surface area contributed by atoms with Gasteiger partial charge in [0.1, 0.15) is 5.60 Å². The van der Waals surface area contributed by atoms with Gasteiger partial charge in [-0.05, 0) is 75.1 Å². The number of fused-ring (bicyclic) bond motifs is 1. The van der Waals surface area contributed by atoms with Crippen molar-refractivity contribution in [3.8, 4) is 0 Å². The molecular weight excluding hydrogens is 270 g/mol. The first-order chi connectivity index (χ1) is 9.32. The third-order valence-corrected chi connectivity index (χ3v) is 6.00. The van der Waals surface area contributed by atoms with Gasteiger partial charge in [-0.15, -0.1) is 0 Å². The average molecular weight is 295 g/mol. The van der Waals surface area contributed by atoms with Crippen molar-refractivity contribution in [2.45, 2.75) is 70.4 Å². The first-order valence-electron chi connectivity index (χ1n) is 7.39. The van der Waals surface area contributed by atoms with E-state index in [9.17, 15) is 5.26 Å². The second-order valence-electron chi connectivity index (χ2n) is 7.19. The molecule has 2 aliphatic carbocycles. The Morgan fingerprint density at radius 2 is 2.05 bits per heavy atom. The van der Waals surface area contributed by atoms with E-state index in [0.29, 0.717) is 5.92 Å². The van der Waals surface area contributed by atoms with Crippen molar-refractivity contribution in [3.63, 3.8) is 0 Å². The molecule has 0 unspecified atom stereocenters. The van der Waals surface area contributed by atoms with Gasteiger partial charge in [0.05, 0.1) is 10.7 Å². The van der Waals surface area contributed by atoms with Crippen molar-refractivity contribution in [2.75, 3.05) is 0 Å². The Hall–Kier alpha value is -0.540. The van der Waals surface area contributed by atoms with Crippen molar-refractivity contribution in [3.05, 3.63) is 12.2 Å². The van der Waals surface area contributed by atoms with E-state index in [1.807, 2.05) is 6.92 Å². The van der Waals surface area contributed by atoms with Gasteiger partial charge in [-0.3, -0.25) is 5.26 Å². The Labute approximate surface area is 127 Å². The minimum atomic E-state index is -0.625. The maximum absolute atomic E-state index is 9.46. The van der Waals surface area contributed by atoms with Crippen LogP contribution >= 0.6 is 12.2 Å². The van der Waals surface area contributed by atoms with E-state index in [-0.39, 0.29) is 11.0 Å². The molecule has 0 amide bonds. The summed E-state index contributed by atoms with van der Waals surface area (Å²) in [5, 5.41) is 12.0. The fourth-order valence-electron chi connectivity index (χ4n) is 4.42. The molecule has 1 N–H and O–H groups in total. The lowest BCUT2D eigenvalue weighted by Crippen LogP contribution is -2.55. The molecule has 0 radical (unpaired) electrons. The molecule has 2 aliphatic rings. The second-order valence-corrected chi connectivity index (χ2v) is 7.37. The van der Waals surface area contributed by atoms with Gasteiger partial charge in [0, 0.05) is 0 Å². The molecule has 3 nitrogen and oxygen atoms in total. The van der Waals surface area contributed by atoms with Gasteiger partial charge in [-0.25, -0.2) is 9.88 Å². The predicted molar refractivity (Wildman–Crippen MR) is 84.0 cm³/mol. The molecule has 0 aliphatic heterocycles. The topological polar surface area (TPSA) is 41.8 Å². The van der Waals surface area contributed by atoms with E-state index in [4.69, 9.17) is 17.1 Å². The second kappa shape index (κ2) is 5.34. The van der Waals surface area contributed by atoms with Crippen LogP contribution in [0, 0.1) is 11.3 Å². The molecule has 0 heterocycles. The summed E-state index contributed by atoms with van der Waals surface area (Å²) in [5.41, 5.74) is 0.301. The standard InChI is InChI=1S/C16H25NO2S/c1-12(2)16(19-18)9-8-14(3)6-5-7-15(4,17-11-20)13(14)10-16/h13,18H,1,5-10H2,2-4H3/t13-,14-,15-,16+/m1/s1. The minimum Gasteiger partial charge on any atom is -0.251 e. The van der Waals surface area contributed by atoms with E-state index in [1.54, 1.807) is 0 Å². The van der Waals surface area contributed by atoms with Crippen LogP contribution in [-0.2, 0) is 4.89 Å². The van der Waals surface area contributed by atoms with Gasteiger partial charge in [0.2, 0.25) is 0 Å². The molecule has 0 spiro atoms. The van der Waals surface area contributed by atoms with Crippen molar-refractivity contribution in [1.82, 2.24) is 0 Å². The van der Waals surface area contributed by atoms with E-state index >= 15 is 0 Å². The van der Waals surface area contributed by atoms with Crippen LogP contribution in [0.3, 0.4) is 0 Å². The molecule has 2 rings (SSSR count).